The molecule has 10 heteroatoms. The van der Waals surface area contributed by atoms with Gasteiger partial charge in [0.15, 0.2) is 5.78 Å². The molecule has 45 heavy (non-hydrogen) atoms. The highest BCUT2D eigenvalue weighted by molar-refractivity contribution is 5.98. The summed E-state index contributed by atoms with van der Waals surface area (Å²) in [6.07, 6.45) is 7.13. The third kappa shape index (κ3) is 7.36. The maximum Gasteiger partial charge on any atom is 0.310 e. The highest BCUT2D eigenvalue weighted by Gasteiger charge is 2.54. The Labute approximate surface area is 264 Å². The third-order valence-electron chi connectivity index (χ3n) is 10.1. The molecule has 1 heterocycles. The van der Waals surface area contributed by atoms with E-state index in [1.54, 1.807) is 6.20 Å². The molecule has 1 aromatic heterocycles. The van der Waals surface area contributed by atoms with Gasteiger partial charge in [0.05, 0.1) is 11.5 Å². The number of hydrogen-bond donors (Lipinski definition) is 3. The minimum absolute atomic E-state index is 0.0110. The van der Waals surface area contributed by atoms with Crippen LogP contribution in [0.15, 0.2) is 36.5 Å². The maximum atomic E-state index is 14.3. The van der Waals surface area contributed by atoms with Crippen LogP contribution in [-0.2, 0) is 24.0 Å². The minimum Gasteiger partial charge on any atom is -0.481 e. The number of aromatic nitrogens is 1. The van der Waals surface area contributed by atoms with Gasteiger partial charge in [-0.1, -0.05) is 51.3 Å². The van der Waals surface area contributed by atoms with Crippen molar-refractivity contribution in [1.82, 2.24) is 15.6 Å². The average molecular weight is 620 g/mol. The molecule has 3 N–H and O–H groups in total. The van der Waals surface area contributed by atoms with Crippen LogP contribution in [0, 0.1) is 29.1 Å². The zero-order valence-corrected chi connectivity index (χ0v) is 26.4. The number of hydrogen-bond acceptors (Lipinski definition) is 7. The van der Waals surface area contributed by atoms with E-state index in [-0.39, 0.29) is 54.5 Å². The smallest absolute Gasteiger partial charge is 0.310 e. The molecule has 0 radical (unpaired) electrons. The number of amides is 2. The van der Waals surface area contributed by atoms with E-state index in [9.17, 15) is 29.1 Å². The molecule has 0 saturated heterocycles. The van der Waals surface area contributed by atoms with Gasteiger partial charge in [0.1, 0.15) is 17.9 Å². The molecule has 0 bridgehead atoms. The summed E-state index contributed by atoms with van der Waals surface area (Å²) >= 11 is 0. The summed E-state index contributed by atoms with van der Waals surface area (Å²) in [5, 5.41) is 17.3. The van der Waals surface area contributed by atoms with Crippen molar-refractivity contribution in [3.05, 3.63) is 36.5 Å². The summed E-state index contributed by atoms with van der Waals surface area (Å²) < 4.78 is 6.36. The highest BCUT2D eigenvalue weighted by atomic mass is 16.5. The van der Waals surface area contributed by atoms with E-state index in [0.717, 1.165) is 42.9 Å². The van der Waals surface area contributed by atoms with Gasteiger partial charge in [-0.05, 0) is 67.9 Å². The molecule has 5 rings (SSSR count). The van der Waals surface area contributed by atoms with Crippen LogP contribution < -0.4 is 15.4 Å². The second-order valence-electron chi connectivity index (χ2n) is 13.7. The number of pyridine rings is 1. The Morgan fingerprint density at radius 3 is 2.31 bits per heavy atom. The lowest BCUT2D eigenvalue weighted by Crippen LogP contribution is -2.56. The van der Waals surface area contributed by atoms with Crippen LogP contribution in [0.3, 0.4) is 0 Å². The molecule has 3 aliphatic rings. The number of nitrogens with one attached hydrogen (secondary N) is 2. The van der Waals surface area contributed by atoms with Crippen LogP contribution in [0.2, 0.25) is 0 Å². The number of benzene rings is 1. The van der Waals surface area contributed by atoms with Gasteiger partial charge >= 0.3 is 5.97 Å². The number of rotatable bonds is 13. The van der Waals surface area contributed by atoms with Gasteiger partial charge in [-0.25, -0.2) is 4.98 Å². The molecule has 10 nitrogen and oxygen atoms in total. The number of fused-ring (bicyclic) bond motifs is 1. The highest BCUT2D eigenvalue weighted by Crippen LogP contribution is 2.51. The first-order chi connectivity index (χ1) is 21.5. The Balaban J connectivity index is 1.38. The number of ether oxygens (including phenoxy) is 1. The van der Waals surface area contributed by atoms with E-state index in [1.165, 1.54) is 6.92 Å². The summed E-state index contributed by atoms with van der Waals surface area (Å²) in [4.78, 5) is 70.2. The normalized spacial score (nSPS) is 24.0. The Hall–Kier alpha value is -3.82. The van der Waals surface area contributed by atoms with Crippen molar-refractivity contribution in [1.29, 1.82) is 0 Å². The number of carboxylic acid groups (broad SMARTS) is 1. The molecule has 2 amide bonds. The van der Waals surface area contributed by atoms with Crippen molar-refractivity contribution in [3.63, 3.8) is 0 Å². The van der Waals surface area contributed by atoms with Crippen molar-refractivity contribution in [2.75, 3.05) is 0 Å². The largest absolute Gasteiger partial charge is 0.481 e. The molecular weight excluding hydrogens is 574 g/mol. The molecule has 0 aliphatic heterocycles. The van der Waals surface area contributed by atoms with Gasteiger partial charge in [-0.15, -0.1) is 0 Å². The molecule has 0 spiro atoms. The van der Waals surface area contributed by atoms with E-state index < -0.39 is 41.4 Å². The molecule has 242 valence electrons. The van der Waals surface area contributed by atoms with E-state index in [0.29, 0.717) is 18.7 Å². The number of ketones is 2. The van der Waals surface area contributed by atoms with Crippen LogP contribution in [0.1, 0.15) is 85.0 Å². The fourth-order valence-electron chi connectivity index (χ4n) is 7.31. The maximum absolute atomic E-state index is 14.3. The number of nitrogens with zero attached hydrogens (tertiary/aromatic N) is 1. The molecule has 3 fully saturated rings. The Bertz CT molecular complexity index is 1440. The van der Waals surface area contributed by atoms with Crippen LogP contribution in [0.25, 0.3) is 10.8 Å². The van der Waals surface area contributed by atoms with Gasteiger partial charge in [0, 0.05) is 36.8 Å². The van der Waals surface area contributed by atoms with Crippen molar-refractivity contribution in [2.24, 2.45) is 29.1 Å². The number of Topliss-reactive ketones (excluding diaryl/α,β-unsaturated/α-hetero) is 2. The first-order valence-electron chi connectivity index (χ1n) is 16.4. The van der Waals surface area contributed by atoms with Crippen molar-refractivity contribution >= 4 is 40.1 Å². The van der Waals surface area contributed by atoms with E-state index >= 15 is 0 Å². The van der Waals surface area contributed by atoms with E-state index in [4.69, 9.17) is 4.74 Å². The SMILES string of the molecule is CC(=O)N[C@H](C(=O)N[C@H](C(=O)C1C[C@H](Oc2nccc3ccccc23)C[C@H]1C(=O)CC1(C(=O)O)CC1)C(C)C)C1CCCCC1. The lowest BCUT2D eigenvalue weighted by Gasteiger charge is -2.32. The van der Waals surface area contributed by atoms with Crippen LogP contribution in [0.5, 0.6) is 5.88 Å². The lowest BCUT2D eigenvalue weighted by molar-refractivity contribution is -0.146. The fraction of sp³-hybridized carbons (Fsp3) is 0.600. The molecule has 2 aromatic rings. The molecule has 1 unspecified atom stereocenters. The number of aliphatic carboxylic acids is 1. The van der Waals surface area contributed by atoms with Crippen molar-refractivity contribution in [3.8, 4) is 5.88 Å². The molecular formula is C35H45N3O7. The Morgan fingerprint density at radius 2 is 1.67 bits per heavy atom. The van der Waals surface area contributed by atoms with Crippen LogP contribution >= 0.6 is 0 Å². The minimum atomic E-state index is -1.06. The summed E-state index contributed by atoms with van der Waals surface area (Å²) in [7, 11) is 0. The van der Waals surface area contributed by atoms with Gasteiger partial charge < -0.3 is 20.5 Å². The van der Waals surface area contributed by atoms with Gasteiger partial charge in [0.2, 0.25) is 17.7 Å². The topological polar surface area (TPSA) is 152 Å². The summed E-state index contributed by atoms with van der Waals surface area (Å²) in [5.74, 6) is -3.57. The first-order valence-corrected chi connectivity index (χ1v) is 16.4. The van der Waals surface area contributed by atoms with E-state index in [2.05, 4.69) is 15.6 Å². The second-order valence-corrected chi connectivity index (χ2v) is 13.7. The molecule has 1 aromatic carbocycles. The standard InChI is InChI=1S/C35H45N3O7/c1-20(2)29(38-32(42)30(37-21(3)39)23-10-5-4-6-11-23)31(41)27-18-24(17-26(27)28(40)19-35(14-15-35)34(43)44)45-33-25-12-8-7-9-22(25)13-16-36-33/h7-9,12-13,16,20,23-24,26-27,29-30H,4-6,10-11,14-15,17-19H2,1-3H3,(H,37,39)(H,38,42)(H,43,44)/t24-,26-,27?,29+,30+/m1/s1. The summed E-state index contributed by atoms with van der Waals surface area (Å²) in [6, 6.07) is 7.93. The Kier molecular flexibility index (Phi) is 9.89. The summed E-state index contributed by atoms with van der Waals surface area (Å²) in [5.41, 5.74) is -1.06. The molecule has 5 atom stereocenters. The van der Waals surface area contributed by atoms with Gasteiger partial charge in [-0.2, -0.15) is 0 Å². The molecule has 3 saturated carbocycles. The zero-order valence-electron chi connectivity index (χ0n) is 26.4. The zero-order chi connectivity index (χ0) is 32.3. The first kappa shape index (κ1) is 32.6. The fourth-order valence-corrected chi connectivity index (χ4v) is 7.31. The van der Waals surface area contributed by atoms with Crippen molar-refractivity contribution < 1.29 is 33.8 Å². The Morgan fingerprint density at radius 1 is 0.978 bits per heavy atom. The van der Waals surface area contributed by atoms with Crippen LogP contribution in [-0.4, -0.2) is 57.6 Å². The number of carbonyl (C=O) groups excluding carboxylic acids is 4. The monoisotopic (exact) mass is 619 g/mol. The number of carbonyl (C=O) groups is 5. The van der Waals surface area contributed by atoms with Gasteiger partial charge in [-0.3, -0.25) is 24.0 Å². The summed E-state index contributed by atoms with van der Waals surface area (Å²) in [6.45, 7) is 5.08. The average Bonchev–Trinajstić information content (AvgIpc) is 3.68. The van der Waals surface area contributed by atoms with E-state index in [1.807, 2.05) is 44.2 Å². The lowest BCUT2D eigenvalue weighted by atomic mass is 9.79. The predicted octanol–water partition coefficient (Wildman–Crippen LogP) is 4.63. The molecule has 3 aliphatic carbocycles. The number of carboxylic acids is 1. The van der Waals surface area contributed by atoms with Crippen LogP contribution in [0.4, 0.5) is 0 Å². The third-order valence-corrected chi connectivity index (χ3v) is 10.1. The second kappa shape index (κ2) is 13.7. The predicted molar refractivity (Wildman–Crippen MR) is 167 cm³/mol. The van der Waals surface area contributed by atoms with Crippen molar-refractivity contribution in [2.45, 2.75) is 103 Å². The van der Waals surface area contributed by atoms with Gasteiger partial charge in [0.25, 0.3) is 0 Å². The quantitative estimate of drug-likeness (QED) is 0.294.